The maximum atomic E-state index is 12.7. The second-order valence-corrected chi connectivity index (χ2v) is 5.49. The summed E-state index contributed by atoms with van der Waals surface area (Å²) >= 11 is 0. The normalized spacial score (nSPS) is 22.0. The van der Waals surface area contributed by atoms with Gasteiger partial charge in [-0.1, -0.05) is 12.8 Å². The number of carbonyl (C=O) groups excluding carboxylic acids is 1. The molecule has 1 fully saturated rings. The summed E-state index contributed by atoms with van der Waals surface area (Å²) in [7, 11) is 0. The Morgan fingerprint density at radius 3 is 2.95 bits per heavy atom. The van der Waals surface area contributed by atoms with Crippen LogP contribution in [0.2, 0.25) is 0 Å². The Morgan fingerprint density at radius 2 is 2.11 bits per heavy atom. The third-order valence-electron chi connectivity index (χ3n) is 4.39. The van der Waals surface area contributed by atoms with Crippen LogP contribution < -0.4 is 15.9 Å². The number of hydrogen-bond acceptors (Lipinski definition) is 4. The molecule has 0 atom stereocenters. The van der Waals surface area contributed by atoms with Crippen molar-refractivity contribution in [1.82, 2.24) is 20.6 Å². The van der Waals surface area contributed by atoms with E-state index in [-0.39, 0.29) is 5.91 Å². The number of carbonyl (C=O) groups is 1. The van der Waals surface area contributed by atoms with E-state index in [9.17, 15) is 4.79 Å². The van der Waals surface area contributed by atoms with Crippen LogP contribution >= 0.6 is 0 Å². The molecule has 0 unspecified atom stereocenters. The van der Waals surface area contributed by atoms with Crippen molar-refractivity contribution in [2.45, 2.75) is 44.6 Å². The minimum absolute atomic E-state index is 0.133. The third-order valence-corrected chi connectivity index (χ3v) is 4.39. The van der Waals surface area contributed by atoms with Gasteiger partial charge >= 0.3 is 0 Å². The number of aryl methyl sites for hydroxylation is 1. The van der Waals surface area contributed by atoms with Gasteiger partial charge in [0.15, 0.2) is 0 Å². The zero-order chi connectivity index (χ0) is 12.8. The van der Waals surface area contributed by atoms with Gasteiger partial charge in [-0.25, -0.2) is 5.01 Å². The van der Waals surface area contributed by atoms with E-state index >= 15 is 0 Å². The molecule has 0 radical (unpaired) electrons. The Bertz CT molecular complexity index is 661. The van der Waals surface area contributed by atoms with E-state index in [0.717, 1.165) is 47.4 Å². The fraction of sp³-hybridized carbons (Fsp3) is 0.500. The smallest absolute Gasteiger partial charge is 0.269 e. The van der Waals surface area contributed by atoms with Crippen LogP contribution in [-0.2, 0) is 11.2 Å². The topological polar surface area (TPSA) is 58.1 Å². The van der Waals surface area contributed by atoms with Crippen molar-refractivity contribution in [2.24, 2.45) is 0 Å². The van der Waals surface area contributed by atoms with Crippen LogP contribution in [0.15, 0.2) is 6.20 Å². The monoisotopic (exact) mass is 256 g/mol. The maximum Gasteiger partial charge on any atom is 0.269 e. The van der Waals surface area contributed by atoms with E-state index < -0.39 is 0 Å². The van der Waals surface area contributed by atoms with E-state index in [1.54, 1.807) is 6.20 Å². The SMILES string of the molecule is O=C1C2=c3c(nncc3=CNN1C1CCCC1)CC2. The van der Waals surface area contributed by atoms with E-state index in [0.29, 0.717) is 6.04 Å². The first kappa shape index (κ1) is 11.0. The van der Waals surface area contributed by atoms with Crippen LogP contribution in [0.3, 0.4) is 0 Å². The minimum atomic E-state index is 0.133. The second-order valence-electron chi connectivity index (χ2n) is 5.49. The lowest BCUT2D eigenvalue weighted by atomic mass is 10.1. The molecule has 2 heterocycles. The predicted octanol–water partition coefficient (Wildman–Crippen LogP) is -0.399. The number of hydrazine groups is 1. The molecule has 5 heteroatoms. The van der Waals surface area contributed by atoms with Crippen LogP contribution in [0.25, 0.3) is 11.8 Å². The van der Waals surface area contributed by atoms with Gasteiger partial charge < -0.3 is 5.43 Å². The molecule has 19 heavy (non-hydrogen) atoms. The van der Waals surface area contributed by atoms with Gasteiger partial charge in [0, 0.05) is 22.2 Å². The van der Waals surface area contributed by atoms with Crippen molar-refractivity contribution in [3.05, 3.63) is 22.3 Å². The molecule has 0 bridgehead atoms. The molecule has 0 aromatic carbocycles. The molecule has 0 saturated heterocycles. The molecule has 1 aromatic heterocycles. The number of aromatic nitrogens is 2. The first-order valence-electron chi connectivity index (χ1n) is 6.98. The molecule has 0 spiro atoms. The van der Waals surface area contributed by atoms with Crippen molar-refractivity contribution in [2.75, 3.05) is 0 Å². The lowest BCUT2D eigenvalue weighted by Gasteiger charge is -2.28. The molecule has 4 rings (SSSR count). The van der Waals surface area contributed by atoms with Crippen molar-refractivity contribution < 1.29 is 4.79 Å². The number of nitrogens with one attached hydrogen (secondary N) is 1. The number of amides is 1. The first-order chi connectivity index (χ1) is 9.34. The zero-order valence-corrected chi connectivity index (χ0v) is 10.7. The number of rotatable bonds is 1. The standard InChI is InChI=1S/C14H16N4O/c19-14-11-5-6-12-13(11)9(7-15-17-12)8-16-18(14)10-3-1-2-4-10/h7-8,10,16H,1-6H2. The molecule has 1 saturated carbocycles. The Hall–Kier alpha value is -1.91. The minimum Gasteiger partial charge on any atom is -0.302 e. The van der Waals surface area contributed by atoms with Gasteiger partial charge in [-0.05, 0) is 25.7 Å². The third kappa shape index (κ3) is 1.57. The zero-order valence-electron chi connectivity index (χ0n) is 10.7. The van der Waals surface area contributed by atoms with Crippen molar-refractivity contribution in [3.8, 4) is 0 Å². The van der Waals surface area contributed by atoms with Crippen molar-refractivity contribution >= 4 is 17.7 Å². The van der Waals surface area contributed by atoms with Gasteiger partial charge in [0.25, 0.3) is 5.91 Å². The summed E-state index contributed by atoms with van der Waals surface area (Å²) in [5, 5.41) is 12.0. The summed E-state index contributed by atoms with van der Waals surface area (Å²) in [6.45, 7) is 0. The summed E-state index contributed by atoms with van der Waals surface area (Å²) in [4.78, 5) is 12.7. The maximum absolute atomic E-state index is 12.7. The molecule has 1 N–H and O–H groups in total. The lowest BCUT2D eigenvalue weighted by molar-refractivity contribution is -0.129. The van der Waals surface area contributed by atoms with Crippen molar-refractivity contribution in [3.63, 3.8) is 0 Å². The van der Waals surface area contributed by atoms with Crippen LogP contribution in [0.4, 0.5) is 0 Å². The highest BCUT2D eigenvalue weighted by molar-refractivity contribution is 6.14. The quantitative estimate of drug-likeness (QED) is 0.743. The average molecular weight is 256 g/mol. The Balaban J connectivity index is 1.86. The average Bonchev–Trinajstić information content (AvgIpc) is 3.04. The summed E-state index contributed by atoms with van der Waals surface area (Å²) in [5.41, 5.74) is 5.07. The van der Waals surface area contributed by atoms with E-state index in [2.05, 4.69) is 15.6 Å². The van der Waals surface area contributed by atoms with Crippen LogP contribution in [0.1, 0.15) is 37.8 Å². The fourth-order valence-electron chi connectivity index (χ4n) is 3.43. The van der Waals surface area contributed by atoms with Gasteiger partial charge in [-0.2, -0.15) is 10.2 Å². The largest absolute Gasteiger partial charge is 0.302 e. The lowest BCUT2D eigenvalue weighted by Crippen LogP contribution is -2.46. The Labute approximate surface area is 111 Å². The first-order valence-corrected chi connectivity index (χ1v) is 6.98. The van der Waals surface area contributed by atoms with Gasteiger partial charge in [0.05, 0.1) is 17.9 Å². The summed E-state index contributed by atoms with van der Waals surface area (Å²) < 4.78 is 0. The molecular weight excluding hydrogens is 240 g/mol. The highest BCUT2D eigenvalue weighted by Gasteiger charge is 2.32. The summed E-state index contributed by atoms with van der Waals surface area (Å²) in [6, 6.07) is 0.329. The van der Waals surface area contributed by atoms with Gasteiger partial charge in [-0.15, -0.1) is 0 Å². The van der Waals surface area contributed by atoms with E-state index in [1.807, 2.05) is 11.2 Å². The second kappa shape index (κ2) is 4.05. The Morgan fingerprint density at radius 1 is 1.26 bits per heavy atom. The van der Waals surface area contributed by atoms with E-state index in [1.165, 1.54) is 12.8 Å². The van der Waals surface area contributed by atoms with E-state index in [4.69, 9.17) is 0 Å². The summed E-state index contributed by atoms with van der Waals surface area (Å²) in [6.07, 6.45) is 9.89. The molecule has 5 nitrogen and oxygen atoms in total. The van der Waals surface area contributed by atoms with Gasteiger partial charge in [0.2, 0.25) is 0 Å². The summed E-state index contributed by atoms with van der Waals surface area (Å²) in [5.74, 6) is 0.133. The van der Waals surface area contributed by atoms with Gasteiger partial charge in [0.1, 0.15) is 0 Å². The number of nitrogens with zero attached hydrogens (tertiary/aromatic N) is 3. The molecule has 1 aliphatic heterocycles. The highest BCUT2D eigenvalue weighted by atomic mass is 16.2. The molecule has 2 aliphatic carbocycles. The van der Waals surface area contributed by atoms with Crippen molar-refractivity contribution in [1.29, 1.82) is 0 Å². The molecule has 1 aromatic rings. The highest BCUT2D eigenvalue weighted by Crippen LogP contribution is 2.25. The predicted molar refractivity (Wildman–Crippen MR) is 69.7 cm³/mol. The molecule has 3 aliphatic rings. The molecule has 98 valence electrons. The van der Waals surface area contributed by atoms with Crippen LogP contribution in [-0.4, -0.2) is 27.2 Å². The number of hydrogen-bond donors (Lipinski definition) is 1. The molecular formula is C14H16N4O. The van der Waals surface area contributed by atoms with Gasteiger partial charge in [-0.3, -0.25) is 4.79 Å². The Kier molecular flexibility index (Phi) is 2.33. The van der Waals surface area contributed by atoms with Crippen LogP contribution in [0, 0.1) is 0 Å². The fourth-order valence-corrected chi connectivity index (χ4v) is 3.43. The molecule has 1 amide bonds. The van der Waals surface area contributed by atoms with Crippen LogP contribution in [0.5, 0.6) is 0 Å².